The number of nitrogens with zero attached hydrogens (tertiary/aromatic N) is 1. The molecule has 4 N–H and O–H groups in total. The average molecular weight is 348 g/mol. The number of carbonyl (C=O) groups is 2. The number of aromatic nitrogens is 1. The lowest BCUT2D eigenvalue weighted by atomic mass is 9.97. The first-order chi connectivity index (χ1) is 11.9. The monoisotopic (exact) mass is 348 g/mol. The smallest absolute Gasteiger partial charge is 0.261 e. The van der Waals surface area contributed by atoms with Crippen molar-refractivity contribution < 1.29 is 9.59 Å². The average Bonchev–Trinajstić information content (AvgIpc) is 2.58. The van der Waals surface area contributed by atoms with E-state index in [4.69, 9.17) is 5.73 Å². The van der Waals surface area contributed by atoms with E-state index in [1.54, 1.807) is 12.1 Å². The lowest BCUT2D eigenvalue weighted by Crippen LogP contribution is -2.42. The van der Waals surface area contributed by atoms with Gasteiger partial charge in [-0.2, -0.15) is 0 Å². The SMILES string of the molecule is CC(C)c1ccc(C(=O)NCCCN2CCCC(C(N)=O)C2)c(=O)[nH]1. The van der Waals surface area contributed by atoms with E-state index in [9.17, 15) is 14.4 Å². The first-order valence-corrected chi connectivity index (χ1v) is 8.91. The van der Waals surface area contributed by atoms with Gasteiger partial charge in [-0.1, -0.05) is 13.8 Å². The predicted octanol–water partition coefficient (Wildman–Crippen LogP) is 0.816. The van der Waals surface area contributed by atoms with Crippen molar-refractivity contribution in [3.63, 3.8) is 0 Å². The largest absolute Gasteiger partial charge is 0.369 e. The summed E-state index contributed by atoms with van der Waals surface area (Å²) in [4.78, 5) is 40.4. The van der Waals surface area contributed by atoms with Crippen molar-refractivity contribution in [2.45, 2.75) is 39.0 Å². The molecule has 1 aliphatic heterocycles. The Bertz CT molecular complexity index is 669. The molecular formula is C18H28N4O3. The molecule has 2 rings (SSSR count). The van der Waals surface area contributed by atoms with Gasteiger partial charge in [0, 0.05) is 18.8 Å². The summed E-state index contributed by atoms with van der Waals surface area (Å²) in [6.45, 7) is 6.89. The number of hydrogen-bond acceptors (Lipinski definition) is 4. The third kappa shape index (κ3) is 5.42. The van der Waals surface area contributed by atoms with Crippen LogP contribution in [-0.4, -0.2) is 47.9 Å². The van der Waals surface area contributed by atoms with Crippen LogP contribution in [0.5, 0.6) is 0 Å². The van der Waals surface area contributed by atoms with E-state index in [-0.39, 0.29) is 34.8 Å². The number of pyridine rings is 1. The number of nitrogens with one attached hydrogen (secondary N) is 2. The van der Waals surface area contributed by atoms with E-state index in [1.165, 1.54) is 0 Å². The molecule has 1 aromatic rings. The van der Waals surface area contributed by atoms with Crippen LogP contribution < -0.4 is 16.6 Å². The Balaban J connectivity index is 1.77. The van der Waals surface area contributed by atoms with E-state index in [2.05, 4.69) is 15.2 Å². The summed E-state index contributed by atoms with van der Waals surface area (Å²) in [5.41, 5.74) is 5.97. The lowest BCUT2D eigenvalue weighted by Gasteiger charge is -2.31. The Labute approximate surface area is 148 Å². The topological polar surface area (TPSA) is 108 Å². The minimum Gasteiger partial charge on any atom is -0.369 e. The number of H-pyrrole nitrogens is 1. The van der Waals surface area contributed by atoms with Crippen molar-refractivity contribution in [1.29, 1.82) is 0 Å². The summed E-state index contributed by atoms with van der Waals surface area (Å²) >= 11 is 0. The first kappa shape index (κ1) is 19.2. The molecular weight excluding hydrogens is 320 g/mol. The maximum atomic E-state index is 12.1. The summed E-state index contributed by atoms with van der Waals surface area (Å²) < 4.78 is 0. The Hall–Kier alpha value is -2.15. The zero-order chi connectivity index (χ0) is 18.4. The van der Waals surface area contributed by atoms with Gasteiger partial charge in [-0.25, -0.2) is 0 Å². The van der Waals surface area contributed by atoms with Crippen molar-refractivity contribution >= 4 is 11.8 Å². The fourth-order valence-corrected chi connectivity index (χ4v) is 3.10. The highest BCUT2D eigenvalue weighted by Crippen LogP contribution is 2.15. The number of carbonyl (C=O) groups excluding carboxylic acids is 2. The van der Waals surface area contributed by atoms with Gasteiger partial charge in [0.2, 0.25) is 5.91 Å². The second-order valence-corrected chi connectivity index (χ2v) is 6.96. The Morgan fingerprint density at radius 1 is 1.40 bits per heavy atom. The zero-order valence-electron chi connectivity index (χ0n) is 15.0. The van der Waals surface area contributed by atoms with Crippen molar-refractivity contribution in [2.75, 3.05) is 26.2 Å². The van der Waals surface area contributed by atoms with Gasteiger partial charge in [0.25, 0.3) is 11.5 Å². The number of primary amides is 1. The van der Waals surface area contributed by atoms with Crippen molar-refractivity contribution in [1.82, 2.24) is 15.2 Å². The maximum Gasteiger partial charge on any atom is 0.261 e. The van der Waals surface area contributed by atoms with Gasteiger partial charge in [0.1, 0.15) is 5.56 Å². The first-order valence-electron chi connectivity index (χ1n) is 8.91. The van der Waals surface area contributed by atoms with Gasteiger partial charge in [-0.15, -0.1) is 0 Å². The van der Waals surface area contributed by atoms with Crippen LogP contribution in [0.15, 0.2) is 16.9 Å². The van der Waals surface area contributed by atoms with Crippen molar-refractivity contribution in [2.24, 2.45) is 11.7 Å². The van der Waals surface area contributed by atoms with E-state index in [0.29, 0.717) is 13.1 Å². The molecule has 7 nitrogen and oxygen atoms in total. The van der Waals surface area contributed by atoms with Gasteiger partial charge in [-0.3, -0.25) is 14.4 Å². The normalized spacial score (nSPS) is 18.3. The number of amides is 2. The summed E-state index contributed by atoms with van der Waals surface area (Å²) in [7, 11) is 0. The molecule has 0 radical (unpaired) electrons. The molecule has 1 aromatic heterocycles. The quantitative estimate of drug-likeness (QED) is 0.634. The molecule has 0 aliphatic carbocycles. The number of likely N-dealkylation sites (tertiary alicyclic amines) is 1. The van der Waals surface area contributed by atoms with E-state index < -0.39 is 0 Å². The third-order valence-electron chi connectivity index (χ3n) is 4.64. The molecule has 0 saturated carbocycles. The molecule has 138 valence electrons. The predicted molar refractivity (Wildman–Crippen MR) is 96.5 cm³/mol. The second kappa shape index (κ2) is 8.80. The highest BCUT2D eigenvalue weighted by molar-refractivity contribution is 5.93. The Morgan fingerprint density at radius 3 is 2.80 bits per heavy atom. The molecule has 7 heteroatoms. The van der Waals surface area contributed by atoms with Gasteiger partial charge >= 0.3 is 0 Å². The summed E-state index contributed by atoms with van der Waals surface area (Å²) in [6, 6.07) is 3.35. The second-order valence-electron chi connectivity index (χ2n) is 6.96. The summed E-state index contributed by atoms with van der Waals surface area (Å²) in [5, 5.41) is 2.78. The number of nitrogens with two attached hydrogens (primary N) is 1. The van der Waals surface area contributed by atoms with E-state index in [0.717, 1.165) is 38.0 Å². The van der Waals surface area contributed by atoms with Gasteiger partial charge < -0.3 is 20.9 Å². The third-order valence-corrected chi connectivity index (χ3v) is 4.64. The standard InChI is InChI=1S/C18H28N4O3/c1-12(2)15-7-6-14(18(25)21-15)17(24)20-8-4-10-22-9-3-5-13(11-22)16(19)23/h6-7,12-13H,3-5,8-11H2,1-2H3,(H2,19,23)(H,20,24)(H,21,25). The van der Waals surface area contributed by atoms with Crippen LogP contribution >= 0.6 is 0 Å². The summed E-state index contributed by atoms with van der Waals surface area (Å²) in [6.07, 6.45) is 2.59. The van der Waals surface area contributed by atoms with Gasteiger partial charge in [-0.05, 0) is 50.4 Å². The van der Waals surface area contributed by atoms with Crippen LogP contribution in [0.2, 0.25) is 0 Å². The van der Waals surface area contributed by atoms with E-state index in [1.807, 2.05) is 13.8 Å². The fourth-order valence-electron chi connectivity index (χ4n) is 3.10. The number of piperidine rings is 1. The molecule has 1 aliphatic rings. The maximum absolute atomic E-state index is 12.1. The molecule has 1 fully saturated rings. The molecule has 1 saturated heterocycles. The molecule has 0 spiro atoms. The Morgan fingerprint density at radius 2 is 2.16 bits per heavy atom. The molecule has 2 heterocycles. The fraction of sp³-hybridized carbons (Fsp3) is 0.611. The van der Waals surface area contributed by atoms with Crippen LogP contribution in [0.3, 0.4) is 0 Å². The van der Waals surface area contributed by atoms with Crippen LogP contribution in [-0.2, 0) is 4.79 Å². The summed E-state index contributed by atoms with van der Waals surface area (Å²) in [5.74, 6) is -0.452. The molecule has 1 atom stereocenters. The van der Waals surface area contributed by atoms with E-state index >= 15 is 0 Å². The minimum absolute atomic E-state index is 0.0682. The highest BCUT2D eigenvalue weighted by atomic mass is 16.2. The number of aromatic amines is 1. The molecule has 25 heavy (non-hydrogen) atoms. The lowest BCUT2D eigenvalue weighted by molar-refractivity contribution is -0.123. The Kier molecular flexibility index (Phi) is 6.75. The number of rotatable bonds is 7. The van der Waals surface area contributed by atoms with Crippen LogP contribution in [0, 0.1) is 5.92 Å². The van der Waals surface area contributed by atoms with Crippen LogP contribution in [0.1, 0.15) is 55.1 Å². The molecule has 2 amide bonds. The molecule has 0 bridgehead atoms. The van der Waals surface area contributed by atoms with Crippen LogP contribution in [0.25, 0.3) is 0 Å². The van der Waals surface area contributed by atoms with Gasteiger partial charge in [0.05, 0.1) is 5.92 Å². The molecule has 1 unspecified atom stereocenters. The van der Waals surface area contributed by atoms with Crippen molar-refractivity contribution in [3.8, 4) is 0 Å². The van der Waals surface area contributed by atoms with Crippen molar-refractivity contribution in [3.05, 3.63) is 33.7 Å². The van der Waals surface area contributed by atoms with Gasteiger partial charge in [0.15, 0.2) is 0 Å². The highest BCUT2D eigenvalue weighted by Gasteiger charge is 2.23. The zero-order valence-corrected chi connectivity index (χ0v) is 15.0. The number of hydrogen-bond donors (Lipinski definition) is 3. The molecule has 0 aromatic carbocycles. The van der Waals surface area contributed by atoms with Crippen LogP contribution in [0.4, 0.5) is 0 Å². The minimum atomic E-state index is -0.357.